The molecule has 0 bridgehead atoms. The lowest BCUT2D eigenvalue weighted by molar-refractivity contribution is -0.131. The number of hydrogen-bond acceptors (Lipinski definition) is 4. The molecule has 29 heavy (non-hydrogen) atoms. The van der Waals surface area contributed by atoms with Crippen LogP contribution >= 0.6 is 23.2 Å². The summed E-state index contributed by atoms with van der Waals surface area (Å²) in [5, 5.41) is 4.97. The van der Waals surface area contributed by atoms with E-state index in [1.54, 1.807) is 23.1 Å². The predicted octanol–water partition coefficient (Wildman–Crippen LogP) is 5.13. The van der Waals surface area contributed by atoms with Gasteiger partial charge in [-0.15, -0.1) is 0 Å². The van der Waals surface area contributed by atoms with Crippen molar-refractivity contribution >= 4 is 29.1 Å². The summed E-state index contributed by atoms with van der Waals surface area (Å²) in [7, 11) is 0. The van der Waals surface area contributed by atoms with Crippen molar-refractivity contribution in [3.8, 4) is 11.4 Å². The van der Waals surface area contributed by atoms with Gasteiger partial charge in [-0.3, -0.25) is 4.79 Å². The Bertz CT molecular complexity index is 995. The van der Waals surface area contributed by atoms with Crippen molar-refractivity contribution in [2.75, 3.05) is 13.1 Å². The zero-order valence-electron chi connectivity index (χ0n) is 15.4. The molecule has 150 valence electrons. The van der Waals surface area contributed by atoms with Gasteiger partial charge in [-0.25, -0.2) is 4.39 Å². The summed E-state index contributed by atoms with van der Waals surface area (Å²) in [5.74, 6) is 0.581. The first kappa shape index (κ1) is 19.9. The second-order valence-corrected chi connectivity index (χ2v) is 7.84. The number of halogens is 3. The molecule has 8 heteroatoms. The van der Waals surface area contributed by atoms with Crippen molar-refractivity contribution in [1.82, 2.24) is 15.0 Å². The van der Waals surface area contributed by atoms with Crippen molar-refractivity contribution in [3.05, 3.63) is 69.8 Å². The first-order valence-corrected chi connectivity index (χ1v) is 10.1. The summed E-state index contributed by atoms with van der Waals surface area (Å²) in [6.45, 7) is 1.10. The number of benzene rings is 2. The van der Waals surface area contributed by atoms with Gasteiger partial charge in [-0.2, -0.15) is 4.98 Å². The van der Waals surface area contributed by atoms with Gasteiger partial charge in [0.05, 0.1) is 6.42 Å². The van der Waals surface area contributed by atoms with Gasteiger partial charge >= 0.3 is 0 Å². The molecule has 0 radical (unpaired) electrons. The molecule has 0 saturated carbocycles. The highest BCUT2D eigenvalue weighted by Gasteiger charge is 2.28. The van der Waals surface area contributed by atoms with E-state index in [4.69, 9.17) is 27.7 Å². The van der Waals surface area contributed by atoms with Crippen LogP contribution in [0.4, 0.5) is 4.39 Å². The maximum Gasteiger partial charge on any atom is 0.230 e. The maximum atomic E-state index is 13.9. The predicted molar refractivity (Wildman–Crippen MR) is 108 cm³/mol. The Morgan fingerprint density at radius 1 is 1.14 bits per heavy atom. The first-order chi connectivity index (χ1) is 14.0. The minimum absolute atomic E-state index is 0.0442. The van der Waals surface area contributed by atoms with E-state index in [9.17, 15) is 9.18 Å². The van der Waals surface area contributed by atoms with Gasteiger partial charge in [0.2, 0.25) is 17.6 Å². The number of hydrogen-bond donors (Lipinski definition) is 0. The molecule has 1 aromatic heterocycles. The molecule has 5 nitrogen and oxygen atoms in total. The third-order valence-corrected chi connectivity index (χ3v) is 5.74. The van der Waals surface area contributed by atoms with Gasteiger partial charge < -0.3 is 9.42 Å². The van der Waals surface area contributed by atoms with Crippen molar-refractivity contribution < 1.29 is 13.7 Å². The van der Waals surface area contributed by atoms with Crippen LogP contribution in [0.2, 0.25) is 10.0 Å². The normalized spacial score (nSPS) is 14.9. The fourth-order valence-electron chi connectivity index (χ4n) is 3.46. The molecule has 0 aliphatic carbocycles. The molecule has 1 amide bonds. The van der Waals surface area contributed by atoms with Crippen molar-refractivity contribution in [2.45, 2.75) is 25.2 Å². The van der Waals surface area contributed by atoms with Crippen LogP contribution in [0.25, 0.3) is 11.4 Å². The Morgan fingerprint density at radius 2 is 1.86 bits per heavy atom. The summed E-state index contributed by atoms with van der Waals surface area (Å²) >= 11 is 11.9. The maximum absolute atomic E-state index is 13.9. The third kappa shape index (κ3) is 4.43. The SMILES string of the molecule is O=C(Cc1c(F)cccc1Cl)N1CCC(c2nc(-c3ccc(Cl)cc3)no2)CC1. The molecule has 1 aliphatic heterocycles. The molecule has 0 N–H and O–H groups in total. The van der Waals surface area contributed by atoms with Crippen LogP contribution < -0.4 is 0 Å². The number of nitrogens with zero attached hydrogens (tertiary/aromatic N) is 3. The topological polar surface area (TPSA) is 59.2 Å². The van der Waals surface area contributed by atoms with E-state index >= 15 is 0 Å². The summed E-state index contributed by atoms with van der Waals surface area (Å²) in [6.07, 6.45) is 1.37. The second-order valence-electron chi connectivity index (χ2n) is 7.00. The van der Waals surface area contributed by atoms with Crippen LogP contribution in [0.5, 0.6) is 0 Å². The Labute approximate surface area is 177 Å². The third-order valence-electron chi connectivity index (χ3n) is 5.13. The van der Waals surface area contributed by atoms with E-state index in [0.29, 0.717) is 42.7 Å². The van der Waals surface area contributed by atoms with Crippen molar-refractivity contribution in [3.63, 3.8) is 0 Å². The lowest BCUT2D eigenvalue weighted by Crippen LogP contribution is -2.39. The first-order valence-electron chi connectivity index (χ1n) is 9.31. The molecule has 3 aromatic rings. The highest BCUT2D eigenvalue weighted by molar-refractivity contribution is 6.31. The minimum Gasteiger partial charge on any atom is -0.342 e. The number of carbonyl (C=O) groups is 1. The minimum atomic E-state index is -0.457. The number of carbonyl (C=O) groups excluding carboxylic acids is 1. The van der Waals surface area contributed by atoms with Crippen LogP contribution in [-0.4, -0.2) is 34.0 Å². The van der Waals surface area contributed by atoms with E-state index in [0.717, 1.165) is 5.56 Å². The molecule has 1 fully saturated rings. The summed E-state index contributed by atoms with van der Waals surface area (Å²) in [4.78, 5) is 18.8. The lowest BCUT2D eigenvalue weighted by Gasteiger charge is -2.30. The standard InChI is InChI=1S/C21H18Cl2FN3O2/c22-15-6-4-13(5-7-15)20-25-21(29-26-20)14-8-10-27(11-9-14)19(28)12-16-17(23)2-1-3-18(16)24/h1-7,14H,8-12H2. The number of likely N-dealkylation sites (tertiary alicyclic amines) is 1. The molecular weight excluding hydrogens is 416 g/mol. The Kier molecular flexibility index (Phi) is 5.83. The largest absolute Gasteiger partial charge is 0.342 e. The zero-order chi connectivity index (χ0) is 20.4. The van der Waals surface area contributed by atoms with Gasteiger partial charge in [-0.1, -0.05) is 34.4 Å². The summed E-state index contributed by atoms with van der Waals surface area (Å²) in [6, 6.07) is 11.7. The fraction of sp³-hybridized carbons (Fsp3) is 0.286. The number of piperidine rings is 1. The van der Waals surface area contributed by atoms with E-state index in [1.807, 2.05) is 12.1 Å². The highest BCUT2D eigenvalue weighted by atomic mass is 35.5. The summed E-state index contributed by atoms with van der Waals surface area (Å²) in [5.41, 5.74) is 1.07. The molecular formula is C21H18Cl2FN3O2. The molecule has 0 atom stereocenters. The van der Waals surface area contributed by atoms with Crippen LogP contribution in [0.1, 0.15) is 30.2 Å². The van der Waals surface area contributed by atoms with Crippen LogP contribution in [0, 0.1) is 5.82 Å². The van der Waals surface area contributed by atoms with Crippen molar-refractivity contribution in [1.29, 1.82) is 0 Å². The molecule has 4 rings (SSSR count). The van der Waals surface area contributed by atoms with Gasteiger partial charge in [0.25, 0.3) is 0 Å². The smallest absolute Gasteiger partial charge is 0.230 e. The van der Waals surface area contributed by atoms with E-state index in [-0.39, 0.29) is 28.8 Å². The van der Waals surface area contributed by atoms with E-state index < -0.39 is 5.82 Å². The molecule has 2 aromatic carbocycles. The van der Waals surface area contributed by atoms with Crippen molar-refractivity contribution in [2.24, 2.45) is 0 Å². The Hall–Kier alpha value is -2.44. The molecule has 1 saturated heterocycles. The average molecular weight is 434 g/mol. The average Bonchev–Trinajstić information content (AvgIpc) is 3.21. The van der Waals surface area contributed by atoms with Crippen LogP contribution in [0.15, 0.2) is 47.0 Å². The van der Waals surface area contributed by atoms with E-state index in [1.165, 1.54) is 12.1 Å². The van der Waals surface area contributed by atoms with Gasteiger partial charge in [0.15, 0.2) is 0 Å². The number of amides is 1. The number of rotatable bonds is 4. The fourth-order valence-corrected chi connectivity index (χ4v) is 3.81. The molecule has 0 spiro atoms. The van der Waals surface area contributed by atoms with Gasteiger partial charge in [-0.05, 0) is 49.2 Å². The van der Waals surface area contributed by atoms with Crippen LogP contribution in [-0.2, 0) is 11.2 Å². The highest BCUT2D eigenvalue weighted by Crippen LogP contribution is 2.29. The number of aromatic nitrogens is 2. The zero-order valence-corrected chi connectivity index (χ0v) is 17.0. The van der Waals surface area contributed by atoms with Gasteiger partial charge in [0.1, 0.15) is 5.82 Å². The monoisotopic (exact) mass is 433 g/mol. The van der Waals surface area contributed by atoms with Gasteiger partial charge in [0, 0.05) is 40.2 Å². The van der Waals surface area contributed by atoms with Crippen LogP contribution in [0.3, 0.4) is 0 Å². The Balaban J connectivity index is 1.37. The summed E-state index contributed by atoms with van der Waals surface area (Å²) < 4.78 is 19.4. The quantitative estimate of drug-likeness (QED) is 0.571. The Morgan fingerprint density at radius 3 is 2.55 bits per heavy atom. The molecule has 0 unspecified atom stereocenters. The lowest BCUT2D eigenvalue weighted by atomic mass is 9.96. The second kappa shape index (κ2) is 8.51. The molecule has 1 aliphatic rings. The van der Waals surface area contributed by atoms with E-state index in [2.05, 4.69) is 10.1 Å². The molecule has 2 heterocycles.